The summed E-state index contributed by atoms with van der Waals surface area (Å²) in [6.07, 6.45) is -0.739. The number of benzene rings is 3. The predicted molar refractivity (Wildman–Crippen MR) is 121 cm³/mol. The van der Waals surface area contributed by atoms with E-state index in [1.54, 1.807) is 67.6 Å². The van der Waals surface area contributed by atoms with Crippen LogP contribution in [0.15, 0.2) is 66.7 Å². The van der Waals surface area contributed by atoms with Gasteiger partial charge in [-0.15, -0.1) is 0 Å². The third-order valence-electron chi connectivity index (χ3n) is 4.36. The number of halogens is 2. The zero-order valence-corrected chi connectivity index (χ0v) is 17.9. The molecule has 0 radical (unpaired) electrons. The van der Waals surface area contributed by atoms with Crippen LogP contribution in [0, 0.1) is 6.92 Å². The molecule has 5 nitrogen and oxygen atoms in total. The lowest BCUT2D eigenvalue weighted by Crippen LogP contribution is -2.30. The Kier molecular flexibility index (Phi) is 6.98. The molecule has 2 amide bonds. The highest BCUT2D eigenvalue weighted by molar-refractivity contribution is 6.31. The van der Waals surface area contributed by atoms with E-state index >= 15 is 0 Å². The van der Waals surface area contributed by atoms with Gasteiger partial charge >= 0.3 is 0 Å². The highest BCUT2D eigenvalue weighted by atomic mass is 35.5. The Hall–Kier alpha value is -3.02. The van der Waals surface area contributed by atoms with Crippen molar-refractivity contribution in [1.82, 2.24) is 0 Å². The van der Waals surface area contributed by atoms with Crippen molar-refractivity contribution in [3.63, 3.8) is 0 Å². The van der Waals surface area contributed by atoms with Gasteiger partial charge in [-0.05, 0) is 80.1 Å². The Morgan fingerprint density at radius 2 is 1.50 bits per heavy atom. The third kappa shape index (κ3) is 5.75. The fourth-order valence-electron chi connectivity index (χ4n) is 2.64. The fourth-order valence-corrected chi connectivity index (χ4v) is 2.94. The van der Waals surface area contributed by atoms with Gasteiger partial charge in [0.2, 0.25) is 0 Å². The number of anilines is 2. The van der Waals surface area contributed by atoms with Gasteiger partial charge in [-0.3, -0.25) is 9.59 Å². The van der Waals surface area contributed by atoms with Crippen LogP contribution in [-0.2, 0) is 4.79 Å². The Morgan fingerprint density at radius 3 is 2.17 bits per heavy atom. The second kappa shape index (κ2) is 9.65. The number of carbonyl (C=O) groups is 2. The molecule has 0 fully saturated rings. The van der Waals surface area contributed by atoms with E-state index in [2.05, 4.69) is 10.6 Å². The molecule has 3 aromatic rings. The summed E-state index contributed by atoms with van der Waals surface area (Å²) in [5, 5.41) is 6.73. The molecule has 0 spiro atoms. The topological polar surface area (TPSA) is 67.4 Å². The summed E-state index contributed by atoms with van der Waals surface area (Å²) in [4.78, 5) is 24.8. The lowest BCUT2D eigenvalue weighted by Gasteiger charge is -2.16. The molecule has 0 aromatic heterocycles. The first kappa shape index (κ1) is 21.7. The molecule has 0 saturated carbocycles. The molecule has 0 bridgehead atoms. The number of rotatable bonds is 6. The zero-order chi connectivity index (χ0) is 21.7. The van der Waals surface area contributed by atoms with E-state index in [4.69, 9.17) is 27.9 Å². The molecule has 0 saturated heterocycles. The van der Waals surface area contributed by atoms with E-state index in [-0.39, 0.29) is 11.8 Å². The predicted octanol–water partition coefficient (Wildman–Crippen LogP) is 5.96. The van der Waals surface area contributed by atoms with Gasteiger partial charge in [0.05, 0.1) is 0 Å². The van der Waals surface area contributed by atoms with E-state index in [0.29, 0.717) is 32.7 Å². The Labute approximate surface area is 185 Å². The van der Waals surface area contributed by atoms with Gasteiger partial charge < -0.3 is 15.4 Å². The summed E-state index contributed by atoms with van der Waals surface area (Å²) < 4.78 is 5.69. The van der Waals surface area contributed by atoms with Crippen LogP contribution in [0.2, 0.25) is 10.0 Å². The Morgan fingerprint density at radius 1 is 0.867 bits per heavy atom. The van der Waals surface area contributed by atoms with E-state index in [0.717, 1.165) is 5.56 Å². The van der Waals surface area contributed by atoms with Gasteiger partial charge in [-0.2, -0.15) is 0 Å². The summed E-state index contributed by atoms with van der Waals surface area (Å²) in [7, 11) is 0. The molecule has 0 aliphatic heterocycles. The molecule has 154 valence electrons. The van der Waals surface area contributed by atoms with Crippen molar-refractivity contribution in [2.24, 2.45) is 0 Å². The first-order chi connectivity index (χ1) is 14.3. The van der Waals surface area contributed by atoms with Crippen molar-refractivity contribution < 1.29 is 14.3 Å². The number of carbonyl (C=O) groups excluding carboxylic acids is 2. The summed E-state index contributed by atoms with van der Waals surface area (Å²) in [6.45, 7) is 3.53. The van der Waals surface area contributed by atoms with Crippen LogP contribution >= 0.6 is 23.2 Å². The van der Waals surface area contributed by atoms with Gasteiger partial charge in [-0.25, -0.2) is 0 Å². The van der Waals surface area contributed by atoms with Crippen molar-refractivity contribution in [3.8, 4) is 5.75 Å². The van der Waals surface area contributed by atoms with Crippen LogP contribution in [0.25, 0.3) is 0 Å². The van der Waals surface area contributed by atoms with Gasteiger partial charge in [0.15, 0.2) is 6.10 Å². The highest BCUT2D eigenvalue weighted by Gasteiger charge is 2.16. The number of hydrogen-bond donors (Lipinski definition) is 2. The summed E-state index contributed by atoms with van der Waals surface area (Å²) in [5.74, 6) is -0.0838. The molecule has 2 N–H and O–H groups in total. The highest BCUT2D eigenvalue weighted by Crippen LogP contribution is 2.21. The third-order valence-corrected chi connectivity index (χ3v) is 4.85. The number of amides is 2. The lowest BCUT2D eigenvalue weighted by molar-refractivity contribution is -0.122. The molecule has 1 unspecified atom stereocenters. The quantitative estimate of drug-likeness (QED) is 0.494. The molecule has 0 heterocycles. The van der Waals surface area contributed by atoms with Crippen LogP contribution in [-0.4, -0.2) is 17.9 Å². The van der Waals surface area contributed by atoms with Gasteiger partial charge in [0.25, 0.3) is 11.8 Å². The molecule has 3 aromatic carbocycles. The van der Waals surface area contributed by atoms with Gasteiger partial charge in [0, 0.05) is 27.0 Å². The summed E-state index contributed by atoms with van der Waals surface area (Å²) in [5.41, 5.74) is 2.64. The molecule has 7 heteroatoms. The maximum Gasteiger partial charge on any atom is 0.265 e. The number of hydrogen-bond acceptors (Lipinski definition) is 3. The Bertz CT molecular complexity index is 1050. The van der Waals surface area contributed by atoms with Crippen LogP contribution < -0.4 is 15.4 Å². The fraction of sp³-hybridized carbons (Fsp3) is 0.130. The second-order valence-electron chi connectivity index (χ2n) is 6.69. The molecule has 1 atom stereocenters. The molecule has 30 heavy (non-hydrogen) atoms. The summed E-state index contributed by atoms with van der Waals surface area (Å²) >= 11 is 11.8. The maximum atomic E-state index is 12.4. The van der Waals surface area contributed by atoms with Crippen LogP contribution in [0.1, 0.15) is 22.8 Å². The first-order valence-electron chi connectivity index (χ1n) is 9.22. The smallest absolute Gasteiger partial charge is 0.265 e. The van der Waals surface area contributed by atoms with E-state index in [9.17, 15) is 9.59 Å². The van der Waals surface area contributed by atoms with E-state index in [1.807, 2.05) is 13.0 Å². The van der Waals surface area contributed by atoms with Crippen LogP contribution in [0.3, 0.4) is 0 Å². The van der Waals surface area contributed by atoms with Crippen molar-refractivity contribution in [2.45, 2.75) is 20.0 Å². The minimum Gasteiger partial charge on any atom is -0.481 e. The molecule has 0 aliphatic rings. The first-order valence-corrected chi connectivity index (χ1v) is 9.98. The molecular weight excluding hydrogens is 423 g/mol. The van der Waals surface area contributed by atoms with E-state index < -0.39 is 6.10 Å². The van der Waals surface area contributed by atoms with Crippen molar-refractivity contribution in [3.05, 3.63) is 87.9 Å². The average molecular weight is 443 g/mol. The second-order valence-corrected chi connectivity index (χ2v) is 7.57. The van der Waals surface area contributed by atoms with Crippen molar-refractivity contribution >= 4 is 46.4 Å². The minimum atomic E-state index is -0.739. The van der Waals surface area contributed by atoms with Crippen molar-refractivity contribution in [2.75, 3.05) is 10.6 Å². The number of ether oxygens (including phenoxy) is 1. The normalized spacial score (nSPS) is 11.5. The van der Waals surface area contributed by atoms with Crippen LogP contribution in [0.5, 0.6) is 5.75 Å². The van der Waals surface area contributed by atoms with Gasteiger partial charge in [0.1, 0.15) is 5.75 Å². The van der Waals surface area contributed by atoms with Gasteiger partial charge in [-0.1, -0.05) is 29.3 Å². The standard InChI is InChI=1S/C23H20Cl2N2O3/c1-14-3-6-18(25)13-21(14)27-22(28)15(2)30-20-11-4-16(5-12-20)23(29)26-19-9-7-17(24)8-10-19/h3-13,15H,1-2H3,(H,26,29)(H,27,28). The molecule has 3 rings (SSSR count). The Balaban J connectivity index is 1.59. The minimum absolute atomic E-state index is 0.258. The SMILES string of the molecule is Cc1ccc(Cl)cc1NC(=O)C(C)Oc1ccc(C(=O)Nc2ccc(Cl)cc2)cc1. The number of aryl methyl sites for hydroxylation is 1. The largest absolute Gasteiger partial charge is 0.481 e. The van der Waals surface area contributed by atoms with Crippen LogP contribution in [0.4, 0.5) is 11.4 Å². The van der Waals surface area contributed by atoms with Crippen molar-refractivity contribution in [1.29, 1.82) is 0 Å². The molecule has 0 aliphatic carbocycles. The molecular formula is C23H20Cl2N2O3. The summed E-state index contributed by atoms with van der Waals surface area (Å²) in [6, 6.07) is 18.7. The average Bonchev–Trinajstić information content (AvgIpc) is 2.72. The maximum absolute atomic E-state index is 12.4. The lowest BCUT2D eigenvalue weighted by atomic mass is 10.2. The van der Waals surface area contributed by atoms with E-state index in [1.165, 1.54) is 0 Å². The number of nitrogens with one attached hydrogen (secondary N) is 2. The monoisotopic (exact) mass is 442 g/mol. The zero-order valence-electron chi connectivity index (χ0n) is 16.4.